The Balaban J connectivity index is 4.76. The highest BCUT2D eigenvalue weighted by Gasteiger charge is 2.12. The van der Waals surface area contributed by atoms with Gasteiger partial charge in [-0.1, -0.05) is 12.7 Å². The van der Waals surface area contributed by atoms with Crippen LogP contribution >= 0.6 is 0 Å². The molecule has 68 valence electrons. The van der Waals surface area contributed by atoms with Crippen LogP contribution in [0.2, 0.25) is 0 Å². The molecule has 0 aliphatic heterocycles. The van der Waals surface area contributed by atoms with E-state index in [1.54, 1.807) is 13.1 Å². The molecule has 0 aliphatic rings. The molecule has 0 bridgehead atoms. The van der Waals surface area contributed by atoms with Crippen molar-refractivity contribution in [1.29, 1.82) is 0 Å². The third kappa shape index (κ3) is 2.96. The van der Waals surface area contributed by atoms with Crippen molar-refractivity contribution in [3.8, 4) is 0 Å². The van der Waals surface area contributed by atoms with Gasteiger partial charge in [0.15, 0.2) is 0 Å². The van der Waals surface area contributed by atoms with Crippen molar-refractivity contribution in [2.24, 2.45) is 4.99 Å². The lowest BCUT2D eigenvalue weighted by Gasteiger charge is -2.06. The van der Waals surface area contributed by atoms with Crippen LogP contribution in [0.3, 0.4) is 0 Å². The zero-order valence-corrected chi connectivity index (χ0v) is 7.66. The van der Waals surface area contributed by atoms with Gasteiger partial charge in [0, 0.05) is 12.6 Å². The van der Waals surface area contributed by atoms with Crippen LogP contribution in [0.25, 0.3) is 0 Å². The first-order valence-electron chi connectivity index (χ1n) is 3.53. The Labute approximate surface area is 72.4 Å². The lowest BCUT2D eigenvalue weighted by molar-refractivity contribution is -1.21. The molecule has 0 spiro atoms. The number of nitrogens with one attached hydrogen (secondary N) is 1. The molecule has 0 rings (SSSR count). The molecule has 0 aliphatic carbocycles. The number of aliphatic imine (C=N–C) groups is 1. The van der Waals surface area contributed by atoms with Gasteiger partial charge in [-0.05, 0) is 12.2 Å². The second-order valence-corrected chi connectivity index (χ2v) is 2.20. The molecule has 2 N–H and O–H groups in total. The van der Waals surface area contributed by atoms with E-state index >= 15 is 0 Å². The van der Waals surface area contributed by atoms with Crippen LogP contribution in [0.5, 0.6) is 0 Å². The first-order valence-corrected chi connectivity index (χ1v) is 3.53. The van der Waals surface area contributed by atoms with Crippen LogP contribution in [0.1, 0.15) is 6.92 Å². The van der Waals surface area contributed by atoms with Gasteiger partial charge in [0.05, 0.1) is 6.21 Å². The summed E-state index contributed by atoms with van der Waals surface area (Å²) in [6.07, 6.45) is 3.15. The smallest absolute Gasteiger partial charge is 0.218 e. The van der Waals surface area contributed by atoms with Crippen molar-refractivity contribution in [1.82, 2.24) is 0 Å². The molecule has 0 aromatic rings. The normalized spacial score (nSPS) is 16.0. The Kier molecular flexibility index (Phi) is 5.19. The maximum Gasteiger partial charge on any atom is 0.218 e. The van der Waals surface area contributed by atoms with Crippen LogP contribution in [-0.4, -0.2) is 25.6 Å². The molecule has 0 radical (unpaired) electrons. The monoisotopic (exact) mass is 171 g/mol. The Hall–Kier alpha value is -0.970. The van der Waals surface area contributed by atoms with E-state index in [2.05, 4.69) is 16.4 Å². The molecular weight excluding hydrogens is 156 g/mol. The summed E-state index contributed by atoms with van der Waals surface area (Å²) in [5, 5.41) is 9.11. The van der Waals surface area contributed by atoms with E-state index in [-0.39, 0.29) is 5.23 Å². The van der Waals surface area contributed by atoms with Gasteiger partial charge in [0.2, 0.25) is 5.70 Å². The molecule has 4 nitrogen and oxygen atoms in total. The first kappa shape index (κ1) is 11.0. The predicted molar refractivity (Wildman–Crippen MR) is 47.1 cm³/mol. The van der Waals surface area contributed by atoms with Gasteiger partial charge in [-0.3, -0.25) is 4.99 Å². The average molecular weight is 171 g/mol. The number of hydroxylamine groups is 2. The fourth-order valence-corrected chi connectivity index (χ4v) is 0.675. The number of hydrogen-bond acceptors (Lipinski definition) is 3. The number of hydrogen-bond donors (Lipinski definition) is 2. The Morgan fingerprint density at radius 1 is 1.67 bits per heavy atom. The lowest BCUT2D eigenvalue weighted by Crippen LogP contribution is -3.07. The van der Waals surface area contributed by atoms with Crippen molar-refractivity contribution in [3.05, 3.63) is 23.9 Å². The van der Waals surface area contributed by atoms with E-state index in [4.69, 9.17) is 0 Å². The van der Waals surface area contributed by atoms with Crippen LogP contribution in [-0.2, 0) is 4.84 Å². The SMILES string of the molecule is C=C/C(C)=C(\C=NC)[NH+](O)OC. The molecule has 0 aromatic heterocycles. The average Bonchev–Trinajstić information content (AvgIpc) is 2.11. The van der Waals surface area contributed by atoms with Crippen LogP contribution in [0.15, 0.2) is 28.9 Å². The summed E-state index contributed by atoms with van der Waals surface area (Å²) in [5.74, 6) is 0. The molecule has 12 heavy (non-hydrogen) atoms. The van der Waals surface area contributed by atoms with Gasteiger partial charge in [-0.15, -0.1) is 0 Å². The summed E-state index contributed by atoms with van der Waals surface area (Å²) < 4.78 is 0. The Morgan fingerprint density at radius 3 is 2.58 bits per heavy atom. The minimum atomic E-state index is -0.141. The molecule has 0 amide bonds. The topological polar surface area (TPSA) is 46.3 Å². The molecule has 0 aromatic carbocycles. The van der Waals surface area contributed by atoms with Gasteiger partial charge in [0.25, 0.3) is 0 Å². The summed E-state index contributed by atoms with van der Waals surface area (Å²) in [5.41, 5.74) is 1.37. The quantitative estimate of drug-likeness (QED) is 0.355. The summed E-state index contributed by atoms with van der Waals surface area (Å²) in [7, 11) is 3.02. The van der Waals surface area contributed by atoms with Crippen LogP contribution in [0.4, 0.5) is 0 Å². The highest BCUT2D eigenvalue weighted by molar-refractivity contribution is 5.76. The van der Waals surface area contributed by atoms with Gasteiger partial charge >= 0.3 is 0 Å². The van der Waals surface area contributed by atoms with E-state index in [1.807, 2.05) is 6.92 Å². The summed E-state index contributed by atoms with van der Waals surface area (Å²) in [4.78, 5) is 8.45. The maximum absolute atomic E-state index is 9.25. The zero-order valence-electron chi connectivity index (χ0n) is 7.66. The van der Waals surface area contributed by atoms with E-state index in [0.717, 1.165) is 5.57 Å². The Bertz CT molecular complexity index is 209. The van der Waals surface area contributed by atoms with E-state index in [1.165, 1.54) is 13.3 Å². The largest absolute Gasteiger partial charge is 0.290 e. The second kappa shape index (κ2) is 5.65. The maximum atomic E-state index is 9.25. The summed E-state index contributed by atoms with van der Waals surface area (Å²) in [6, 6.07) is 0. The number of quaternary nitrogens is 1. The highest BCUT2D eigenvalue weighted by Crippen LogP contribution is 1.95. The fourth-order valence-electron chi connectivity index (χ4n) is 0.675. The third-order valence-electron chi connectivity index (χ3n) is 1.41. The minimum absolute atomic E-state index is 0.141. The standard InChI is InChI=1S/C8H14N2O2/c1-5-7(2)8(6-9-3)10(11)12-4/h5-6,11H,1H2,2-4H3/p+1/b8-7+,9-6?. The molecule has 4 heteroatoms. The number of rotatable bonds is 4. The summed E-state index contributed by atoms with van der Waals surface area (Å²) >= 11 is 0. The molecule has 0 saturated heterocycles. The van der Waals surface area contributed by atoms with Gasteiger partial charge in [-0.2, -0.15) is 10.0 Å². The predicted octanol–water partition coefficient (Wildman–Crippen LogP) is -0.0175. The molecular formula is C8H15N2O2+. The van der Waals surface area contributed by atoms with E-state index in [9.17, 15) is 5.21 Å². The van der Waals surface area contributed by atoms with Crippen molar-refractivity contribution >= 4 is 6.21 Å². The molecule has 0 heterocycles. The zero-order chi connectivity index (χ0) is 9.56. The second-order valence-electron chi connectivity index (χ2n) is 2.20. The van der Waals surface area contributed by atoms with Crippen LogP contribution in [0, 0.1) is 0 Å². The van der Waals surface area contributed by atoms with Crippen molar-refractivity contribution in [2.45, 2.75) is 6.92 Å². The number of nitrogens with zero attached hydrogens (tertiary/aromatic N) is 1. The summed E-state index contributed by atoms with van der Waals surface area (Å²) in [6.45, 7) is 5.40. The van der Waals surface area contributed by atoms with E-state index in [0.29, 0.717) is 5.70 Å². The fraction of sp³-hybridized carbons (Fsp3) is 0.375. The van der Waals surface area contributed by atoms with Gasteiger partial charge < -0.3 is 0 Å². The minimum Gasteiger partial charge on any atom is -0.290 e. The molecule has 0 saturated carbocycles. The third-order valence-corrected chi connectivity index (χ3v) is 1.41. The molecule has 0 fully saturated rings. The van der Waals surface area contributed by atoms with Crippen molar-refractivity contribution in [3.63, 3.8) is 0 Å². The highest BCUT2D eigenvalue weighted by atomic mass is 16.9. The molecule has 1 unspecified atom stereocenters. The number of allylic oxidation sites excluding steroid dienone is 3. The lowest BCUT2D eigenvalue weighted by atomic mass is 10.2. The van der Waals surface area contributed by atoms with E-state index < -0.39 is 0 Å². The molecule has 1 atom stereocenters. The van der Waals surface area contributed by atoms with Crippen molar-refractivity contribution < 1.29 is 15.3 Å². The van der Waals surface area contributed by atoms with Crippen LogP contribution < -0.4 is 5.23 Å². The van der Waals surface area contributed by atoms with Crippen molar-refractivity contribution in [2.75, 3.05) is 14.2 Å². The van der Waals surface area contributed by atoms with Gasteiger partial charge in [0.1, 0.15) is 7.11 Å². The Morgan fingerprint density at radius 2 is 2.25 bits per heavy atom. The van der Waals surface area contributed by atoms with Gasteiger partial charge in [-0.25, -0.2) is 0 Å². The first-order chi connectivity index (χ1) is 5.67.